The van der Waals surface area contributed by atoms with Crippen molar-refractivity contribution in [1.29, 1.82) is 0 Å². The van der Waals surface area contributed by atoms with Crippen LogP contribution >= 0.6 is 0 Å². The first-order valence-corrected chi connectivity index (χ1v) is 11.1. The molecule has 1 aliphatic rings. The highest BCUT2D eigenvalue weighted by Gasteiger charge is 2.38. The quantitative estimate of drug-likeness (QED) is 0.555. The number of nitrogens with zero attached hydrogens (tertiary/aromatic N) is 1. The van der Waals surface area contributed by atoms with Crippen LogP contribution in [0, 0.1) is 0 Å². The third-order valence-corrected chi connectivity index (χ3v) is 5.53. The van der Waals surface area contributed by atoms with Crippen molar-refractivity contribution in [2.75, 3.05) is 19.8 Å². The zero-order chi connectivity index (χ0) is 24.3. The molecule has 3 rings (SSSR count). The molecule has 0 radical (unpaired) electrons. The SMILES string of the molecule is O=C(CF)CNC(=O)[C@@H]1CCCN1C(=O)[C@H](Cc1ccccc1)NC(=O)OCc1ccccc1. The molecular weight excluding hydrogens is 441 g/mol. The number of likely N-dealkylation sites (tertiary alicyclic amines) is 1. The molecule has 0 saturated carbocycles. The molecule has 34 heavy (non-hydrogen) atoms. The Morgan fingerprint density at radius 1 is 1.00 bits per heavy atom. The van der Waals surface area contributed by atoms with Crippen molar-refractivity contribution in [2.45, 2.75) is 38.0 Å². The minimum Gasteiger partial charge on any atom is -0.445 e. The fourth-order valence-electron chi connectivity index (χ4n) is 3.81. The van der Waals surface area contributed by atoms with Gasteiger partial charge in [-0.05, 0) is 24.0 Å². The smallest absolute Gasteiger partial charge is 0.408 e. The molecule has 9 heteroatoms. The van der Waals surface area contributed by atoms with Crippen LogP contribution < -0.4 is 10.6 Å². The van der Waals surface area contributed by atoms with Crippen molar-refractivity contribution in [2.24, 2.45) is 0 Å². The highest BCUT2D eigenvalue weighted by atomic mass is 19.1. The van der Waals surface area contributed by atoms with Crippen molar-refractivity contribution < 1.29 is 28.3 Å². The molecule has 180 valence electrons. The van der Waals surface area contributed by atoms with E-state index in [9.17, 15) is 23.6 Å². The third-order valence-electron chi connectivity index (χ3n) is 5.53. The molecule has 1 heterocycles. The normalized spacial score (nSPS) is 15.9. The van der Waals surface area contributed by atoms with E-state index >= 15 is 0 Å². The predicted molar refractivity (Wildman–Crippen MR) is 122 cm³/mol. The van der Waals surface area contributed by atoms with E-state index in [1.807, 2.05) is 60.7 Å². The van der Waals surface area contributed by atoms with Crippen LogP contribution in [-0.4, -0.2) is 60.4 Å². The van der Waals surface area contributed by atoms with Crippen LogP contribution in [0.1, 0.15) is 24.0 Å². The van der Waals surface area contributed by atoms with Crippen molar-refractivity contribution >= 4 is 23.7 Å². The predicted octanol–water partition coefficient (Wildman–Crippen LogP) is 2.17. The van der Waals surface area contributed by atoms with Gasteiger partial charge < -0.3 is 20.3 Å². The third kappa shape index (κ3) is 7.13. The van der Waals surface area contributed by atoms with Crippen LogP contribution in [0.25, 0.3) is 0 Å². The van der Waals surface area contributed by atoms with Gasteiger partial charge in [0.2, 0.25) is 11.8 Å². The van der Waals surface area contributed by atoms with E-state index in [0.29, 0.717) is 19.4 Å². The molecule has 1 saturated heterocycles. The molecule has 0 spiro atoms. The number of carbonyl (C=O) groups is 4. The Morgan fingerprint density at radius 2 is 1.65 bits per heavy atom. The summed E-state index contributed by atoms with van der Waals surface area (Å²) >= 11 is 0. The zero-order valence-electron chi connectivity index (χ0n) is 18.7. The fourth-order valence-corrected chi connectivity index (χ4v) is 3.81. The van der Waals surface area contributed by atoms with Crippen LogP contribution in [0.5, 0.6) is 0 Å². The lowest BCUT2D eigenvalue weighted by Crippen LogP contribution is -2.54. The largest absolute Gasteiger partial charge is 0.445 e. The van der Waals surface area contributed by atoms with Crippen molar-refractivity contribution in [3.8, 4) is 0 Å². The second-order valence-corrected chi connectivity index (χ2v) is 8.03. The standard InChI is InChI=1S/C25H28FN3O5/c26-15-20(30)16-27-23(31)22-12-7-13-29(22)24(32)21(14-18-8-3-1-4-9-18)28-25(33)34-17-19-10-5-2-6-11-19/h1-6,8-11,21-22H,7,12-17H2,(H,27,31)(H,28,33)/t21-,22-/m0/s1. The summed E-state index contributed by atoms with van der Waals surface area (Å²) in [5.74, 6) is -1.68. The average Bonchev–Trinajstić information content (AvgIpc) is 3.36. The first-order chi connectivity index (χ1) is 16.5. The van der Waals surface area contributed by atoms with Gasteiger partial charge in [0, 0.05) is 13.0 Å². The number of hydrogen-bond acceptors (Lipinski definition) is 5. The summed E-state index contributed by atoms with van der Waals surface area (Å²) in [5.41, 5.74) is 1.64. The summed E-state index contributed by atoms with van der Waals surface area (Å²) in [4.78, 5) is 51.1. The number of ether oxygens (including phenoxy) is 1. The van der Waals surface area contributed by atoms with Gasteiger partial charge in [-0.25, -0.2) is 9.18 Å². The van der Waals surface area contributed by atoms with E-state index < -0.39 is 49.0 Å². The highest BCUT2D eigenvalue weighted by Crippen LogP contribution is 2.20. The first kappa shape index (κ1) is 24.9. The molecule has 1 fully saturated rings. The molecule has 1 aliphatic heterocycles. The number of ketones is 1. The van der Waals surface area contributed by atoms with E-state index in [1.165, 1.54) is 4.90 Å². The maximum atomic E-state index is 13.4. The van der Waals surface area contributed by atoms with Crippen molar-refractivity contribution in [1.82, 2.24) is 15.5 Å². The molecule has 2 N–H and O–H groups in total. The fraction of sp³-hybridized carbons (Fsp3) is 0.360. The number of hydrogen-bond donors (Lipinski definition) is 2. The minimum atomic E-state index is -1.16. The summed E-state index contributed by atoms with van der Waals surface area (Å²) in [5, 5.41) is 5.04. The lowest BCUT2D eigenvalue weighted by Gasteiger charge is -2.28. The van der Waals surface area contributed by atoms with E-state index in [4.69, 9.17) is 4.74 Å². The summed E-state index contributed by atoms with van der Waals surface area (Å²) in [7, 11) is 0. The Labute approximate surface area is 197 Å². The highest BCUT2D eigenvalue weighted by molar-refractivity contribution is 5.93. The molecular formula is C25H28FN3O5. The van der Waals surface area contributed by atoms with E-state index in [0.717, 1.165) is 11.1 Å². The molecule has 2 atom stereocenters. The Hall–Kier alpha value is -3.75. The number of rotatable bonds is 10. The van der Waals surface area contributed by atoms with Gasteiger partial charge in [-0.1, -0.05) is 60.7 Å². The van der Waals surface area contributed by atoms with E-state index in [-0.39, 0.29) is 13.0 Å². The molecule has 0 unspecified atom stereocenters. The summed E-state index contributed by atoms with van der Waals surface area (Å²) in [6, 6.07) is 16.6. The minimum absolute atomic E-state index is 0.0519. The lowest BCUT2D eigenvalue weighted by molar-refractivity contribution is -0.140. The monoisotopic (exact) mass is 469 g/mol. The van der Waals surface area contributed by atoms with Crippen LogP contribution in [0.2, 0.25) is 0 Å². The average molecular weight is 470 g/mol. The van der Waals surface area contributed by atoms with Crippen LogP contribution in [0.3, 0.4) is 0 Å². The van der Waals surface area contributed by atoms with Crippen molar-refractivity contribution in [3.05, 3.63) is 71.8 Å². The Morgan fingerprint density at radius 3 is 2.29 bits per heavy atom. The number of carbonyl (C=O) groups excluding carboxylic acids is 4. The van der Waals surface area contributed by atoms with Gasteiger partial charge >= 0.3 is 6.09 Å². The van der Waals surface area contributed by atoms with Gasteiger partial charge in [0.05, 0.1) is 6.54 Å². The summed E-state index contributed by atoms with van der Waals surface area (Å²) in [6.07, 6.45) is 0.479. The number of alkyl carbamates (subject to hydrolysis) is 1. The maximum Gasteiger partial charge on any atom is 0.408 e. The van der Waals surface area contributed by atoms with Crippen LogP contribution in [0.15, 0.2) is 60.7 Å². The molecule has 3 amide bonds. The molecule has 0 bridgehead atoms. The number of amides is 3. The summed E-state index contributed by atoms with van der Waals surface area (Å²) in [6.45, 7) is -1.20. The van der Waals surface area contributed by atoms with Gasteiger partial charge in [-0.15, -0.1) is 0 Å². The second kappa shape index (κ2) is 12.5. The molecule has 0 aliphatic carbocycles. The molecule has 2 aromatic rings. The van der Waals surface area contributed by atoms with Gasteiger partial charge in [0.25, 0.3) is 0 Å². The first-order valence-electron chi connectivity index (χ1n) is 11.1. The number of halogens is 1. The number of Topliss-reactive ketones (excluding diaryl/α,β-unsaturated/α-hetero) is 1. The maximum absolute atomic E-state index is 13.4. The summed E-state index contributed by atoms with van der Waals surface area (Å²) < 4.78 is 17.7. The topological polar surface area (TPSA) is 105 Å². The lowest BCUT2D eigenvalue weighted by atomic mass is 10.0. The molecule has 2 aromatic carbocycles. The Kier molecular flexibility index (Phi) is 9.13. The van der Waals surface area contributed by atoms with Gasteiger partial charge in [0.1, 0.15) is 25.4 Å². The van der Waals surface area contributed by atoms with E-state index in [1.54, 1.807) is 0 Å². The number of benzene rings is 2. The molecule has 0 aromatic heterocycles. The number of alkyl halides is 1. The number of nitrogens with one attached hydrogen (secondary N) is 2. The molecule has 8 nitrogen and oxygen atoms in total. The van der Waals surface area contributed by atoms with Gasteiger partial charge in [0.15, 0.2) is 5.78 Å². The van der Waals surface area contributed by atoms with Crippen LogP contribution in [-0.2, 0) is 32.1 Å². The van der Waals surface area contributed by atoms with E-state index in [2.05, 4.69) is 10.6 Å². The van der Waals surface area contributed by atoms with Gasteiger partial charge in [-0.2, -0.15) is 0 Å². The van der Waals surface area contributed by atoms with Crippen LogP contribution in [0.4, 0.5) is 9.18 Å². The second-order valence-electron chi connectivity index (χ2n) is 8.03. The Bertz CT molecular complexity index is 987. The van der Waals surface area contributed by atoms with Crippen molar-refractivity contribution in [3.63, 3.8) is 0 Å². The van der Waals surface area contributed by atoms with Gasteiger partial charge in [-0.3, -0.25) is 14.4 Å². The Balaban J connectivity index is 1.68. The zero-order valence-corrected chi connectivity index (χ0v) is 18.7.